The lowest BCUT2D eigenvalue weighted by Gasteiger charge is -2.10. The summed E-state index contributed by atoms with van der Waals surface area (Å²) < 4.78 is 25.0. The van der Waals surface area contributed by atoms with Crippen LogP contribution in [0.2, 0.25) is 0 Å². The normalized spacial score (nSPS) is 24.7. The largest absolute Gasteiger partial charge is 0.312 e. The van der Waals surface area contributed by atoms with E-state index in [2.05, 4.69) is 20.1 Å². The van der Waals surface area contributed by atoms with Crippen LogP contribution in [0.3, 0.4) is 0 Å². The summed E-state index contributed by atoms with van der Waals surface area (Å²) in [5, 5.41) is 12.9. The van der Waals surface area contributed by atoms with Gasteiger partial charge in [-0.3, -0.25) is 0 Å². The van der Waals surface area contributed by atoms with Gasteiger partial charge in [0.1, 0.15) is 5.82 Å². The minimum atomic E-state index is -2.79. The molecule has 0 aliphatic carbocycles. The maximum atomic E-state index is 11.4. The predicted molar refractivity (Wildman–Crippen MR) is 83.4 cm³/mol. The van der Waals surface area contributed by atoms with Crippen LogP contribution in [-0.2, 0) is 22.8 Å². The van der Waals surface area contributed by atoms with Gasteiger partial charge in [-0.15, -0.1) is 10.2 Å². The van der Waals surface area contributed by atoms with Crippen LogP contribution in [0.5, 0.6) is 0 Å². The molecule has 2 aliphatic heterocycles. The molecule has 0 amide bonds. The zero-order chi connectivity index (χ0) is 14.7. The maximum Gasteiger partial charge on any atom is 0.191 e. The second-order valence-corrected chi connectivity index (χ2v) is 9.05. The predicted octanol–water partition coefficient (Wildman–Crippen LogP) is 0.873. The van der Waals surface area contributed by atoms with Crippen molar-refractivity contribution in [3.63, 3.8) is 0 Å². The average molecular weight is 330 g/mol. The highest BCUT2D eigenvalue weighted by Crippen LogP contribution is 2.21. The number of aromatic nitrogens is 3. The smallest absolute Gasteiger partial charge is 0.191 e. The highest BCUT2D eigenvalue weighted by Gasteiger charge is 2.27. The van der Waals surface area contributed by atoms with Crippen LogP contribution in [0.1, 0.15) is 31.5 Å². The number of aryl methyl sites for hydroxylation is 1. The maximum absolute atomic E-state index is 11.4. The summed E-state index contributed by atoms with van der Waals surface area (Å²) in [7, 11) is -2.79. The number of nitrogens with zero attached hydrogens (tertiary/aromatic N) is 3. The Kier molecular flexibility index (Phi) is 4.85. The molecule has 1 N–H and O–H groups in total. The van der Waals surface area contributed by atoms with Crippen LogP contribution < -0.4 is 5.32 Å². The topological polar surface area (TPSA) is 76.9 Å². The number of nitrogens with one attached hydrogen (secondary N) is 1. The van der Waals surface area contributed by atoms with Gasteiger partial charge in [-0.2, -0.15) is 0 Å². The molecule has 1 fully saturated rings. The number of sulfone groups is 1. The van der Waals surface area contributed by atoms with E-state index in [4.69, 9.17) is 0 Å². The molecule has 1 saturated heterocycles. The molecule has 3 rings (SSSR count). The molecule has 21 heavy (non-hydrogen) atoms. The number of rotatable bonds is 5. The lowest BCUT2D eigenvalue weighted by atomic mass is 10.2. The first-order valence-corrected chi connectivity index (χ1v) is 10.4. The molecule has 0 radical (unpaired) electrons. The first kappa shape index (κ1) is 15.3. The third-order valence-corrected chi connectivity index (χ3v) is 6.81. The van der Waals surface area contributed by atoms with Crippen molar-refractivity contribution in [3.05, 3.63) is 5.82 Å². The number of thioether (sulfide) groups is 1. The monoisotopic (exact) mass is 330 g/mol. The van der Waals surface area contributed by atoms with Crippen LogP contribution >= 0.6 is 11.8 Å². The van der Waals surface area contributed by atoms with E-state index in [1.54, 1.807) is 11.8 Å². The van der Waals surface area contributed by atoms with Crippen molar-refractivity contribution in [2.45, 2.75) is 49.8 Å². The van der Waals surface area contributed by atoms with Crippen molar-refractivity contribution in [2.75, 3.05) is 23.8 Å². The van der Waals surface area contributed by atoms with E-state index in [0.717, 1.165) is 42.7 Å². The van der Waals surface area contributed by atoms with Gasteiger partial charge in [0.25, 0.3) is 0 Å². The summed E-state index contributed by atoms with van der Waals surface area (Å²) in [5.74, 6) is 2.63. The quantitative estimate of drug-likeness (QED) is 0.638. The number of hydrogen-bond donors (Lipinski definition) is 1. The second-order valence-electron chi connectivity index (χ2n) is 5.76. The van der Waals surface area contributed by atoms with Gasteiger partial charge in [0.05, 0.1) is 11.5 Å². The van der Waals surface area contributed by atoms with Crippen LogP contribution in [0.15, 0.2) is 5.16 Å². The van der Waals surface area contributed by atoms with Gasteiger partial charge in [0.15, 0.2) is 15.0 Å². The fraction of sp³-hybridized carbons (Fsp3) is 0.846. The van der Waals surface area contributed by atoms with Crippen molar-refractivity contribution in [1.29, 1.82) is 0 Å². The first-order chi connectivity index (χ1) is 10.1. The van der Waals surface area contributed by atoms with Crippen molar-refractivity contribution in [2.24, 2.45) is 0 Å². The molecule has 0 saturated carbocycles. The van der Waals surface area contributed by atoms with E-state index in [0.29, 0.717) is 5.75 Å². The Bertz CT molecular complexity index is 585. The van der Waals surface area contributed by atoms with Gasteiger partial charge in [-0.1, -0.05) is 18.2 Å². The van der Waals surface area contributed by atoms with E-state index >= 15 is 0 Å². The SMILES string of the molecule is O=S1(=O)CCC(NCCSc2nnc3n2CCCCC3)C1. The molecule has 0 spiro atoms. The Balaban J connectivity index is 1.45. The summed E-state index contributed by atoms with van der Waals surface area (Å²) in [5.41, 5.74) is 0. The Labute approximate surface area is 130 Å². The summed E-state index contributed by atoms with van der Waals surface area (Å²) in [6.07, 6.45) is 5.46. The number of fused-ring (bicyclic) bond motifs is 1. The third-order valence-electron chi connectivity index (χ3n) is 4.07. The van der Waals surface area contributed by atoms with E-state index in [9.17, 15) is 8.42 Å². The zero-order valence-electron chi connectivity index (χ0n) is 12.1. The Hall–Kier alpha value is -0.600. The summed E-state index contributed by atoms with van der Waals surface area (Å²) in [6.45, 7) is 1.84. The van der Waals surface area contributed by atoms with E-state index in [1.807, 2.05) is 0 Å². The lowest BCUT2D eigenvalue weighted by molar-refractivity contribution is 0.572. The van der Waals surface area contributed by atoms with Crippen LogP contribution in [0.25, 0.3) is 0 Å². The van der Waals surface area contributed by atoms with Crippen LogP contribution in [0, 0.1) is 0 Å². The van der Waals surface area contributed by atoms with Gasteiger partial charge in [0, 0.05) is 31.3 Å². The molecule has 6 nitrogen and oxygen atoms in total. The van der Waals surface area contributed by atoms with Crippen molar-refractivity contribution in [3.8, 4) is 0 Å². The fourth-order valence-corrected chi connectivity index (χ4v) is 5.49. The second kappa shape index (κ2) is 6.66. The standard InChI is InChI=1S/C13H22N4O2S2/c18-21(19)9-5-11(10-21)14-6-8-20-13-16-15-12-4-2-1-3-7-17(12)13/h11,14H,1-10H2. The van der Waals surface area contributed by atoms with E-state index in [-0.39, 0.29) is 11.8 Å². The molecule has 2 aliphatic rings. The molecule has 1 aromatic rings. The fourth-order valence-electron chi connectivity index (χ4n) is 2.93. The molecular weight excluding hydrogens is 308 g/mol. The average Bonchev–Trinajstić information content (AvgIpc) is 2.89. The van der Waals surface area contributed by atoms with Gasteiger partial charge >= 0.3 is 0 Å². The molecule has 1 unspecified atom stereocenters. The van der Waals surface area contributed by atoms with Crippen LogP contribution in [0.4, 0.5) is 0 Å². The Morgan fingerprint density at radius 1 is 1.29 bits per heavy atom. The molecule has 1 aromatic heterocycles. The van der Waals surface area contributed by atoms with E-state index < -0.39 is 9.84 Å². The molecule has 118 valence electrons. The highest BCUT2D eigenvalue weighted by atomic mass is 32.2. The van der Waals surface area contributed by atoms with Gasteiger partial charge in [-0.25, -0.2) is 8.42 Å². The molecule has 8 heteroatoms. The van der Waals surface area contributed by atoms with Gasteiger partial charge < -0.3 is 9.88 Å². The van der Waals surface area contributed by atoms with Crippen molar-refractivity contribution < 1.29 is 8.42 Å². The summed E-state index contributed by atoms with van der Waals surface area (Å²) in [6, 6.07) is 0.131. The Morgan fingerprint density at radius 3 is 3.00 bits per heavy atom. The minimum absolute atomic E-state index is 0.131. The van der Waals surface area contributed by atoms with Crippen molar-refractivity contribution >= 4 is 21.6 Å². The van der Waals surface area contributed by atoms with Gasteiger partial charge in [0.2, 0.25) is 0 Å². The van der Waals surface area contributed by atoms with Crippen molar-refractivity contribution in [1.82, 2.24) is 20.1 Å². The molecule has 3 heterocycles. The van der Waals surface area contributed by atoms with Gasteiger partial charge in [-0.05, 0) is 19.3 Å². The van der Waals surface area contributed by atoms with Crippen LogP contribution in [-0.4, -0.2) is 53.0 Å². The lowest BCUT2D eigenvalue weighted by Crippen LogP contribution is -2.31. The minimum Gasteiger partial charge on any atom is -0.312 e. The molecule has 0 bridgehead atoms. The molecular formula is C13H22N4O2S2. The summed E-state index contributed by atoms with van der Waals surface area (Å²) >= 11 is 1.71. The third kappa shape index (κ3) is 3.98. The molecule has 1 atom stereocenters. The highest BCUT2D eigenvalue weighted by molar-refractivity contribution is 7.99. The first-order valence-electron chi connectivity index (χ1n) is 7.63. The summed E-state index contributed by atoms with van der Waals surface area (Å²) in [4.78, 5) is 0. The number of hydrogen-bond acceptors (Lipinski definition) is 6. The van der Waals surface area contributed by atoms with E-state index in [1.165, 1.54) is 19.3 Å². The zero-order valence-corrected chi connectivity index (χ0v) is 13.8. The Morgan fingerprint density at radius 2 is 2.19 bits per heavy atom. The molecule has 0 aromatic carbocycles.